The number of aromatic nitrogens is 3. The van der Waals surface area contributed by atoms with Gasteiger partial charge in [0.15, 0.2) is 6.29 Å². The van der Waals surface area contributed by atoms with E-state index in [2.05, 4.69) is 46.7 Å². The van der Waals surface area contributed by atoms with Crippen LogP contribution >= 0.6 is 23.2 Å². The van der Waals surface area contributed by atoms with Gasteiger partial charge >= 0.3 is 0 Å². The first-order chi connectivity index (χ1) is 17.3. The average molecular weight is 548 g/mol. The Hall–Kier alpha value is -1.81. The first-order valence-corrected chi connectivity index (χ1v) is 17.0. The summed E-state index contributed by atoms with van der Waals surface area (Å²) in [6.45, 7) is 8.85. The van der Waals surface area contributed by atoms with Crippen LogP contribution in [-0.4, -0.2) is 54.4 Å². The van der Waals surface area contributed by atoms with Crippen molar-refractivity contribution in [3.8, 4) is 11.1 Å². The zero-order valence-electron chi connectivity index (χ0n) is 21.0. The fourth-order valence-electron chi connectivity index (χ4n) is 4.55. The van der Waals surface area contributed by atoms with Gasteiger partial charge in [-0.3, -0.25) is 4.99 Å². The molecule has 1 aromatic carbocycles. The predicted octanol–water partition coefficient (Wildman–Crippen LogP) is 6.89. The maximum absolute atomic E-state index is 6.59. The number of aliphatic imine (C=N–C) groups is 1. The molecule has 2 aliphatic heterocycles. The van der Waals surface area contributed by atoms with E-state index in [0.29, 0.717) is 24.1 Å². The standard InChI is InChI=1S/C26H32Cl2N4O3Si/c1-36(2,3)11-10-33-16-32-15-20(23-24(27)30-26(28)31-25(23)32)17-7-8-21-18(12-17)13-19(14-29-21)35-22-6-4-5-9-34-22/h7-8,12,14-15,19,22H,4-6,9-11,13,16H2,1-3H3. The van der Waals surface area contributed by atoms with Gasteiger partial charge in [-0.15, -0.1) is 0 Å². The van der Waals surface area contributed by atoms with Crippen LogP contribution in [0.3, 0.4) is 0 Å². The number of rotatable bonds is 8. The summed E-state index contributed by atoms with van der Waals surface area (Å²) >= 11 is 12.8. The molecule has 5 rings (SSSR count). The molecule has 4 heterocycles. The van der Waals surface area contributed by atoms with Crippen LogP contribution in [0.1, 0.15) is 24.8 Å². The number of hydrogen-bond donors (Lipinski definition) is 0. The third-order valence-corrected chi connectivity index (χ3v) is 8.67. The molecule has 192 valence electrons. The number of halogens is 2. The molecule has 1 saturated heterocycles. The maximum Gasteiger partial charge on any atom is 0.225 e. The number of hydrogen-bond acceptors (Lipinski definition) is 6. The molecule has 36 heavy (non-hydrogen) atoms. The highest BCUT2D eigenvalue weighted by molar-refractivity contribution is 6.76. The van der Waals surface area contributed by atoms with E-state index in [1.54, 1.807) is 0 Å². The summed E-state index contributed by atoms with van der Waals surface area (Å²) in [4.78, 5) is 13.3. The second-order valence-corrected chi connectivity index (χ2v) is 17.0. The minimum atomic E-state index is -1.18. The summed E-state index contributed by atoms with van der Waals surface area (Å²) in [5.74, 6) is 0. The molecule has 10 heteroatoms. The molecule has 2 aliphatic rings. The lowest BCUT2D eigenvalue weighted by atomic mass is 9.97. The fraction of sp³-hybridized carbons (Fsp3) is 0.500. The molecule has 2 unspecified atom stereocenters. The lowest BCUT2D eigenvalue weighted by Crippen LogP contribution is -2.31. The lowest BCUT2D eigenvalue weighted by molar-refractivity contribution is -0.173. The Bertz CT molecular complexity index is 1270. The molecule has 0 amide bonds. The highest BCUT2D eigenvalue weighted by Gasteiger charge is 2.24. The molecule has 7 nitrogen and oxygen atoms in total. The van der Waals surface area contributed by atoms with Crippen molar-refractivity contribution in [2.75, 3.05) is 13.2 Å². The van der Waals surface area contributed by atoms with Gasteiger partial charge in [0.2, 0.25) is 5.28 Å². The zero-order chi connectivity index (χ0) is 25.3. The third-order valence-electron chi connectivity index (χ3n) is 6.53. The third kappa shape index (κ3) is 6.01. The Labute approximate surface area is 222 Å². The molecule has 2 aromatic heterocycles. The van der Waals surface area contributed by atoms with Crippen LogP contribution in [0.5, 0.6) is 0 Å². The first kappa shape index (κ1) is 25.8. The molecule has 0 aliphatic carbocycles. The van der Waals surface area contributed by atoms with Crippen LogP contribution in [0.4, 0.5) is 5.69 Å². The van der Waals surface area contributed by atoms with Crippen molar-refractivity contribution in [3.63, 3.8) is 0 Å². The van der Waals surface area contributed by atoms with Gasteiger partial charge in [-0.05, 0) is 60.2 Å². The molecular weight excluding hydrogens is 515 g/mol. The van der Waals surface area contributed by atoms with E-state index in [4.69, 9.17) is 37.4 Å². The Morgan fingerprint density at radius 2 is 2.03 bits per heavy atom. The summed E-state index contributed by atoms with van der Waals surface area (Å²) < 4.78 is 19.9. The van der Waals surface area contributed by atoms with Crippen molar-refractivity contribution in [1.82, 2.24) is 14.5 Å². The van der Waals surface area contributed by atoms with Crippen LogP contribution in [0.25, 0.3) is 22.2 Å². The summed E-state index contributed by atoms with van der Waals surface area (Å²) in [6, 6.07) is 7.33. The van der Waals surface area contributed by atoms with Gasteiger partial charge in [-0.25, -0.2) is 4.98 Å². The van der Waals surface area contributed by atoms with Gasteiger partial charge in [0.05, 0.1) is 17.2 Å². The molecule has 0 N–H and O–H groups in total. The fourth-order valence-corrected chi connectivity index (χ4v) is 5.78. The largest absolute Gasteiger partial charge is 0.361 e. The lowest BCUT2D eigenvalue weighted by Gasteiger charge is -2.27. The highest BCUT2D eigenvalue weighted by Crippen LogP contribution is 2.37. The number of nitrogens with zero attached hydrogens (tertiary/aromatic N) is 4. The summed E-state index contributed by atoms with van der Waals surface area (Å²) in [6.07, 6.45) is 7.54. The minimum Gasteiger partial charge on any atom is -0.361 e. The number of benzene rings is 1. The molecule has 3 aromatic rings. The van der Waals surface area contributed by atoms with E-state index >= 15 is 0 Å². The first-order valence-electron chi connectivity index (χ1n) is 12.5. The summed E-state index contributed by atoms with van der Waals surface area (Å²) in [5.41, 5.74) is 4.68. The maximum atomic E-state index is 6.59. The molecule has 1 fully saturated rings. The molecular formula is C26H32Cl2N4O3Si. The van der Waals surface area contributed by atoms with E-state index in [0.717, 1.165) is 66.1 Å². The van der Waals surface area contributed by atoms with E-state index in [1.807, 2.05) is 23.0 Å². The summed E-state index contributed by atoms with van der Waals surface area (Å²) in [5, 5.41) is 1.20. The minimum absolute atomic E-state index is 0.109. The van der Waals surface area contributed by atoms with Gasteiger partial charge in [0, 0.05) is 45.7 Å². The molecule has 2 atom stereocenters. The van der Waals surface area contributed by atoms with Gasteiger partial charge in [0.1, 0.15) is 17.5 Å². The molecule has 0 bridgehead atoms. The van der Waals surface area contributed by atoms with Crippen molar-refractivity contribution in [2.24, 2.45) is 4.99 Å². The molecule has 0 radical (unpaired) electrons. The van der Waals surface area contributed by atoms with Crippen LogP contribution in [0, 0.1) is 0 Å². The van der Waals surface area contributed by atoms with Gasteiger partial charge in [-0.1, -0.05) is 37.3 Å². The Kier molecular flexibility index (Phi) is 7.81. The van der Waals surface area contributed by atoms with Crippen LogP contribution in [-0.2, 0) is 27.4 Å². The summed E-state index contributed by atoms with van der Waals surface area (Å²) in [7, 11) is -1.18. The topological polar surface area (TPSA) is 70.8 Å². The van der Waals surface area contributed by atoms with Crippen molar-refractivity contribution in [1.29, 1.82) is 0 Å². The van der Waals surface area contributed by atoms with Crippen LogP contribution in [0.15, 0.2) is 29.4 Å². The second-order valence-electron chi connectivity index (χ2n) is 10.6. The van der Waals surface area contributed by atoms with E-state index < -0.39 is 8.07 Å². The Morgan fingerprint density at radius 1 is 1.17 bits per heavy atom. The van der Waals surface area contributed by atoms with E-state index in [-0.39, 0.29) is 17.7 Å². The number of ether oxygens (including phenoxy) is 3. The number of fused-ring (bicyclic) bond motifs is 2. The van der Waals surface area contributed by atoms with Crippen molar-refractivity contribution in [2.45, 2.75) is 70.5 Å². The Balaban J connectivity index is 1.41. The van der Waals surface area contributed by atoms with E-state index in [9.17, 15) is 0 Å². The zero-order valence-corrected chi connectivity index (χ0v) is 23.5. The SMILES string of the molecule is C[Si](C)(C)CCOCn1cc(-c2ccc3c(c2)CC(OC2CCCCO2)C=N3)c2c(Cl)nc(Cl)nc21. The van der Waals surface area contributed by atoms with Gasteiger partial charge < -0.3 is 18.8 Å². The van der Waals surface area contributed by atoms with Crippen molar-refractivity contribution in [3.05, 3.63) is 40.4 Å². The van der Waals surface area contributed by atoms with Crippen molar-refractivity contribution < 1.29 is 14.2 Å². The smallest absolute Gasteiger partial charge is 0.225 e. The van der Waals surface area contributed by atoms with Gasteiger partial charge in [-0.2, -0.15) is 4.98 Å². The highest BCUT2D eigenvalue weighted by atomic mass is 35.5. The Morgan fingerprint density at radius 3 is 2.81 bits per heavy atom. The molecule has 0 saturated carbocycles. The van der Waals surface area contributed by atoms with Gasteiger partial charge in [0.25, 0.3) is 0 Å². The monoisotopic (exact) mass is 546 g/mol. The quantitative estimate of drug-likeness (QED) is 0.133. The van der Waals surface area contributed by atoms with E-state index in [1.165, 1.54) is 0 Å². The molecule has 0 spiro atoms. The van der Waals surface area contributed by atoms with Crippen molar-refractivity contribution >= 4 is 54.2 Å². The van der Waals surface area contributed by atoms with Crippen LogP contribution in [0.2, 0.25) is 36.1 Å². The van der Waals surface area contributed by atoms with Crippen LogP contribution < -0.4 is 0 Å². The average Bonchev–Trinajstić information content (AvgIpc) is 3.20. The normalized spacial score (nSPS) is 20.1. The second kappa shape index (κ2) is 10.9. The predicted molar refractivity (Wildman–Crippen MR) is 147 cm³/mol.